The molecule has 6 rings (SSSR count). The summed E-state index contributed by atoms with van der Waals surface area (Å²) in [6.07, 6.45) is 5.22. The van der Waals surface area contributed by atoms with Gasteiger partial charge >= 0.3 is 5.97 Å². The quantitative estimate of drug-likeness (QED) is 0.0756. The Morgan fingerprint density at radius 1 is 1.19 bits per heavy atom. The van der Waals surface area contributed by atoms with Gasteiger partial charge in [-0.3, -0.25) is 14.9 Å². The summed E-state index contributed by atoms with van der Waals surface area (Å²) >= 11 is 3.20. The summed E-state index contributed by atoms with van der Waals surface area (Å²) in [5, 5.41) is 22.4. The Bertz CT molecular complexity index is 1730. The Morgan fingerprint density at radius 2 is 1.90 bits per heavy atom. The minimum atomic E-state index is -0.850. The zero-order valence-electron chi connectivity index (χ0n) is 23.2. The molecule has 0 saturated carbocycles. The van der Waals surface area contributed by atoms with E-state index in [1.54, 1.807) is 30.0 Å². The molecule has 0 aliphatic carbocycles. The van der Waals surface area contributed by atoms with E-state index in [0.29, 0.717) is 5.56 Å². The number of nitro groups is 1. The Labute approximate surface area is 250 Å². The van der Waals surface area contributed by atoms with Crippen molar-refractivity contribution in [2.75, 3.05) is 6.26 Å². The summed E-state index contributed by atoms with van der Waals surface area (Å²) < 4.78 is 9.91. The average molecular weight is 606 g/mol. The number of hydrogen-bond donors (Lipinski definition) is 1. The molecule has 0 radical (unpaired) electrons. The molecule has 4 atom stereocenters. The fraction of sp³-hybridized carbons (Fsp3) is 0.300. The van der Waals surface area contributed by atoms with Crippen LogP contribution in [0.25, 0.3) is 10.4 Å². The predicted molar refractivity (Wildman–Crippen MR) is 158 cm³/mol. The van der Waals surface area contributed by atoms with E-state index in [1.807, 2.05) is 43.9 Å². The van der Waals surface area contributed by atoms with Crippen molar-refractivity contribution in [3.8, 4) is 0 Å². The number of thioether (sulfide) groups is 1. The molecule has 0 spiro atoms. The lowest BCUT2D eigenvalue weighted by atomic mass is 9.77. The van der Waals surface area contributed by atoms with E-state index in [9.17, 15) is 24.8 Å². The molecule has 42 heavy (non-hydrogen) atoms. The first-order valence-corrected chi connectivity index (χ1v) is 15.5. The molecular formula is C30H29N4O6S2+. The van der Waals surface area contributed by atoms with Gasteiger partial charge in [0.15, 0.2) is 0 Å². The first-order chi connectivity index (χ1) is 20.2. The Hall–Kier alpha value is -4.00. The van der Waals surface area contributed by atoms with Gasteiger partial charge in [0.2, 0.25) is 15.8 Å². The van der Waals surface area contributed by atoms with E-state index in [1.165, 1.54) is 34.7 Å². The summed E-state index contributed by atoms with van der Waals surface area (Å²) in [6.45, 7) is 4.20. The zero-order chi connectivity index (χ0) is 29.7. The van der Waals surface area contributed by atoms with E-state index < -0.39 is 22.9 Å². The maximum absolute atomic E-state index is 13.6. The molecule has 1 fully saturated rings. The normalized spacial score (nSPS) is 20.5. The third-order valence-electron chi connectivity index (χ3n) is 7.94. The number of carbonyl (C=O) groups excluding carboxylic acids is 2. The van der Waals surface area contributed by atoms with Gasteiger partial charge in [0.05, 0.1) is 27.9 Å². The molecule has 2 aliphatic rings. The number of β-lactam (4-membered cyclic amide) rings is 1. The van der Waals surface area contributed by atoms with Crippen molar-refractivity contribution in [1.82, 2.24) is 9.30 Å². The summed E-state index contributed by atoms with van der Waals surface area (Å²) in [5.74, 6) is -1.75. The van der Waals surface area contributed by atoms with Crippen LogP contribution in [0.3, 0.4) is 0 Å². The van der Waals surface area contributed by atoms with Gasteiger partial charge in [-0.2, -0.15) is 4.40 Å². The minimum absolute atomic E-state index is 0.0540. The van der Waals surface area contributed by atoms with Gasteiger partial charge in [0, 0.05) is 23.6 Å². The number of rotatable bonds is 9. The van der Waals surface area contributed by atoms with Crippen LogP contribution >= 0.6 is 23.1 Å². The summed E-state index contributed by atoms with van der Waals surface area (Å²) in [6, 6.07) is 15.7. The van der Waals surface area contributed by atoms with Crippen LogP contribution in [0.1, 0.15) is 29.9 Å². The molecule has 2 aromatic carbocycles. The monoisotopic (exact) mass is 605 g/mol. The lowest BCUT2D eigenvalue weighted by Crippen LogP contribution is -2.63. The molecule has 1 N–H and O–H groups in total. The van der Waals surface area contributed by atoms with Crippen molar-refractivity contribution in [3.05, 3.63) is 98.9 Å². The van der Waals surface area contributed by atoms with Gasteiger partial charge in [-0.1, -0.05) is 60.4 Å². The third kappa shape index (κ3) is 4.69. The molecular weight excluding hydrogens is 576 g/mol. The van der Waals surface area contributed by atoms with E-state index in [2.05, 4.69) is 21.1 Å². The lowest BCUT2D eigenvalue weighted by molar-refractivity contribution is -0.721. The number of aliphatic hydroxyl groups is 1. The van der Waals surface area contributed by atoms with Crippen LogP contribution in [0.5, 0.6) is 0 Å². The predicted octanol–water partition coefficient (Wildman–Crippen LogP) is 4.28. The van der Waals surface area contributed by atoms with Gasteiger partial charge < -0.3 is 14.7 Å². The number of ether oxygens (including phenoxy) is 1. The SMILES string of the molecule is CSc1c2sc(C3=C(C(=O)OCc4ccc([N+](=O)[O-])cc4)N4C(=O)[C@H]([C@@H](C)O)[C@H]4[C@H]3C)cn2c[n+]1Cc1ccccc1. The Balaban J connectivity index is 1.35. The summed E-state index contributed by atoms with van der Waals surface area (Å²) in [5.41, 5.74) is 2.65. The molecule has 10 nitrogen and oxygen atoms in total. The number of amides is 1. The highest BCUT2D eigenvalue weighted by Crippen LogP contribution is 2.52. The number of aromatic nitrogens is 2. The van der Waals surface area contributed by atoms with E-state index in [4.69, 9.17) is 4.74 Å². The van der Waals surface area contributed by atoms with Gasteiger partial charge in [0.25, 0.3) is 12.0 Å². The number of benzene rings is 2. The van der Waals surface area contributed by atoms with Crippen LogP contribution in [0.15, 0.2) is 77.8 Å². The third-order valence-corrected chi connectivity index (χ3v) is 10.0. The molecule has 2 aromatic heterocycles. The first-order valence-electron chi connectivity index (χ1n) is 13.5. The van der Waals surface area contributed by atoms with Crippen molar-refractivity contribution in [3.63, 3.8) is 0 Å². The minimum Gasteiger partial charge on any atom is -0.456 e. The van der Waals surface area contributed by atoms with Crippen LogP contribution in [-0.2, 0) is 27.5 Å². The molecule has 0 bridgehead atoms. The van der Waals surface area contributed by atoms with E-state index in [-0.39, 0.29) is 35.9 Å². The highest BCUT2D eigenvalue weighted by atomic mass is 32.2. The molecule has 12 heteroatoms. The van der Waals surface area contributed by atoms with Crippen LogP contribution in [-0.4, -0.2) is 49.6 Å². The smallest absolute Gasteiger partial charge is 0.355 e. The first kappa shape index (κ1) is 28.1. The topological polar surface area (TPSA) is 118 Å². The second-order valence-corrected chi connectivity index (χ2v) is 12.4. The highest BCUT2D eigenvalue weighted by molar-refractivity contribution is 7.98. The summed E-state index contributed by atoms with van der Waals surface area (Å²) in [4.78, 5) is 40.7. The van der Waals surface area contributed by atoms with Crippen LogP contribution in [0.4, 0.5) is 5.69 Å². The number of carbonyl (C=O) groups is 2. The Morgan fingerprint density at radius 3 is 2.55 bits per heavy atom. The average Bonchev–Trinajstić information content (AvgIpc) is 3.59. The van der Waals surface area contributed by atoms with Gasteiger partial charge in [0.1, 0.15) is 25.0 Å². The van der Waals surface area contributed by atoms with Crippen molar-refractivity contribution >= 4 is 51.1 Å². The van der Waals surface area contributed by atoms with Crippen molar-refractivity contribution in [1.29, 1.82) is 0 Å². The number of nitrogens with zero attached hydrogens (tertiary/aromatic N) is 4. The number of hydrogen-bond acceptors (Lipinski definition) is 8. The molecule has 4 heterocycles. The van der Waals surface area contributed by atoms with Crippen LogP contribution < -0.4 is 4.57 Å². The molecule has 216 valence electrons. The fourth-order valence-corrected chi connectivity index (χ4v) is 8.15. The lowest BCUT2D eigenvalue weighted by Gasteiger charge is -2.46. The Kier molecular flexibility index (Phi) is 7.37. The number of aliphatic hydroxyl groups excluding tert-OH is 1. The number of fused-ring (bicyclic) bond motifs is 2. The molecule has 4 aromatic rings. The number of esters is 1. The molecule has 1 amide bonds. The fourth-order valence-electron chi connectivity index (χ4n) is 5.97. The second kappa shape index (κ2) is 11.0. The maximum Gasteiger partial charge on any atom is 0.355 e. The largest absolute Gasteiger partial charge is 0.456 e. The molecule has 1 saturated heterocycles. The zero-order valence-corrected chi connectivity index (χ0v) is 24.8. The van der Waals surface area contributed by atoms with E-state index >= 15 is 0 Å². The van der Waals surface area contributed by atoms with Crippen LogP contribution in [0, 0.1) is 22.0 Å². The maximum atomic E-state index is 13.6. The number of imidazole rings is 1. The number of nitro benzene ring substituents is 1. The number of non-ortho nitro benzene ring substituents is 1. The van der Waals surface area contributed by atoms with Gasteiger partial charge in [-0.25, -0.2) is 9.36 Å². The van der Waals surface area contributed by atoms with Crippen molar-refractivity contribution in [2.45, 2.75) is 44.2 Å². The molecule has 2 aliphatic heterocycles. The highest BCUT2D eigenvalue weighted by Gasteiger charge is 2.60. The van der Waals surface area contributed by atoms with Gasteiger partial charge in [-0.15, -0.1) is 0 Å². The van der Waals surface area contributed by atoms with Crippen molar-refractivity contribution in [2.24, 2.45) is 11.8 Å². The van der Waals surface area contributed by atoms with E-state index in [0.717, 1.165) is 26.9 Å². The molecule has 0 unspecified atom stereocenters. The second-order valence-electron chi connectivity index (χ2n) is 10.6. The summed E-state index contributed by atoms with van der Waals surface area (Å²) in [7, 11) is 0. The van der Waals surface area contributed by atoms with Gasteiger partial charge in [-0.05, 0) is 36.4 Å². The van der Waals surface area contributed by atoms with Crippen molar-refractivity contribution < 1.29 is 28.9 Å². The number of thiazole rings is 1. The standard InChI is InChI=1S/C30H29N4O6S2/c1-17-23(22-14-32-16-31(28(41-3)29(32)42-22)13-19-7-5-4-6-8-19)26(33-25(17)24(18(2)35)27(33)36)30(37)40-15-20-9-11-21(12-10-20)34(38)39/h4-12,14,16-18,24-25,35H,13,15H2,1-3H3/q+1/t17-,18+,24+,25+/m0/s1. The van der Waals surface area contributed by atoms with Crippen LogP contribution in [0.2, 0.25) is 0 Å².